The summed E-state index contributed by atoms with van der Waals surface area (Å²) >= 11 is 5.22. The first-order chi connectivity index (χ1) is 16.2. The number of aromatic carboxylic acids is 1. The first-order valence-electron chi connectivity index (χ1n) is 10.3. The number of carbonyl (C=O) groups excluding carboxylic acids is 2. The van der Waals surface area contributed by atoms with E-state index in [2.05, 4.69) is 5.32 Å². The SMILES string of the molecule is COc1cccc(-n2c(C)cc(/C=C3/C(=O)NC(=S)N(c4ccc(C(=O)O)cc4)C3=O)c2C)c1. The molecule has 0 unspecified atom stereocenters. The molecular formula is C25H21N3O5S. The number of anilines is 1. The zero-order valence-electron chi connectivity index (χ0n) is 18.7. The lowest BCUT2D eigenvalue weighted by Gasteiger charge is -2.29. The van der Waals surface area contributed by atoms with Crippen LogP contribution < -0.4 is 15.0 Å². The first kappa shape index (κ1) is 22.9. The highest BCUT2D eigenvalue weighted by molar-refractivity contribution is 7.80. The van der Waals surface area contributed by atoms with Crippen molar-refractivity contribution in [1.29, 1.82) is 0 Å². The molecule has 0 atom stereocenters. The molecule has 8 nitrogen and oxygen atoms in total. The maximum atomic E-state index is 13.3. The Morgan fingerprint density at radius 3 is 2.41 bits per heavy atom. The molecule has 9 heteroatoms. The van der Waals surface area contributed by atoms with Gasteiger partial charge in [0.25, 0.3) is 11.8 Å². The van der Waals surface area contributed by atoms with Crippen LogP contribution in [0.3, 0.4) is 0 Å². The Hall–Kier alpha value is -4.24. The fraction of sp³-hybridized carbons (Fsp3) is 0.120. The second-order valence-electron chi connectivity index (χ2n) is 7.67. The van der Waals surface area contributed by atoms with Crippen LogP contribution in [0.2, 0.25) is 0 Å². The Balaban J connectivity index is 1.73. The number of hydrogen-bond donors (Lipinski definition) is 2. The van der Waals surface area contributed by atoms with E-state index >= 15 is 0 Å². The number of ether oxygens (including phenoxy) is 1. The number of hydrogen-bond acceptors (Lipinski definition) is 5. The highest BCUT2D eigenvalue weighted by atomic mass is 32.1. The number of benzene rings is 2. The van der Waals surface area contributed by atoms with Gasteiger partial charge >= 0.3 is 5.97 Å². The number of nitrogens with zero attached hydrogens (tertiary/aromatic N) is 2. The molecule has 0 bridgehead atoms. The summed E-state index contributed by atoms with van der Waals surface area (Å²) in [6.07, 6.45) is 1.54. The fourth-order valence-electron chi connectivity index (χ4n) is 3.88. The fourth-order valence-corrected chi connectivity index (χ4v) is 4.16. The molecule has 2 aromatic carbocycles. The van der Waals surface area contributed by atoms with E-state index < -0.39 is 17.8 Å². The Labute approximate surface area is 201 Å². The van der Waals surface area contributed by atoms with Crippen LogP contribution >= 0.6 is 12.2 Å². The van der Waals surface area contributed by atoms with Crippen molar-refractivity contribution in [2.45, 2.75) is 13.8 Å². The molecule has 2 N–H and O–H groups in total. The van der Waals surface area contributed by atoms with E-state index in [1.54, 1.807) is 7.11 Å². The third-order valence-corrected chi connectivity index (χ3v) is 5.84. The topological polar surface area (TPSA) is 101 Å². The summed E-state index contributed by atoms with van der Waals surface area (Å²) in [6.45, 7) is 3.83. The maximum absolute atomic E-state index is 13.3. The quantitative estimate of drug-likeness (QED) is 0.332. The smallest absolute Gasteiger partial charge is 0.335 e. The van der Waals surface area contributed by atoms with E-state index in [-0.39, 0.29) is 16.2 Å². The van der Waals surface area contributed by atoms with Crippen molar-refractivity contribution in [3.8, 4) is 11.4 Å². The second-order valence-corrected chi connectivity index (χ2v) is 8.06. The summed E-state index contributed by atoms with van der Waals surface area (Å²) in [6, 6.07) is 15.2. The summed E-state index contributed by atoms with van der Waals surface area (Å²) in [7, 11) is 1.60. The predicted molar refractivity (Wildman–Crippen MR) is 131 cm³/mol. The molecule has 34 heavy (non-hydrogen) atoms. The number of carboxylic acids is 1. The lowest BCUT2D eigenvalue weighted by Crippen LogP contribution is -2.54. The van der Waals surface area contributed by atoms with E-state index in [9.17, 15) is 14.4 Å². The molecule has 1 aliphatic heterocycles. The van der Waals surface area contributed by atoms with Crippen LogP contribution in [0.5, 0.6) is 5.75 Å². The van der Waals surface area contributed by atoms with Gasteiger partial charge in [0.15, 0.2) is 5.11 Å². The largest absolute Gasteiger partial charge is 0.497 e. The molecule has 1 fully saturated rings. The molecule has 0 radical (unpaired) electrons. The number of thiocarbonyl (C=S) groups is 1. The van der Waals surface area contributed by atoms with Crippen molar-refractivity contribution in [2.75, 3.05) is 12.0 Å². The summed E-state index contributed by atoms with van der Waals surface area (Å²) in [5, 5.41) is 11.6. The van der Waals surface area contributed by atoms with Crippen LogP contribution in [0.15, 0.2) is 60.2 Å². The van der Waals surface area contributed by atoms with Crippen molar-refractivity contribution < 1.29 is 24.2 Å². The molecular weight excluding hydrogens is 454 g/mol. The molecule has 172 valence electrons. The summed E-state index contributed by atoms with van der Waals surface area (Å²) in [5.41, 5.74) is 3.69. The van der Waals surface area contributed by atoms with Gasteiger partial charge in [-0.2, -0.15) is 0 Å². The first-order valence-corrected chi connectivity index (χ1v) is 10.7. The molecule has 3 aromatic rings. The highest BCUT2D eigenvalue weighted by Gasteiger charge is 2.34. The molecule has 2 amide bonds. The summed E-state index contributed by atoms with van der Waals surface area (Å²) in [5.74, 6) is -1.56. The van der Waals surface area contributed by atoms with Gasteiger partial charge in [-0.25, -0.2) is 4.79 Å². The van der Waals surface area contributed by atoms with E-state index in [1.165, 1.54) is 35.2 Å². The monoisotopic (exact) mass is 475 g/mol. The van der Waals surface area contributed by atoms with Crippen molar-refractivity contribution >= 4 is 46.9 Å². The number of carboxylic acid groups (broad SMARTS) is 1. The standard InChI is InChI=1S/C25H21N3O5S/c1-14-11-17(15(2)27(14)19-5-4-6-20(13-19)33-3)12-21-22(29)26-25(34)28(23(21)30)18-9-7-16(8-10-18)24(31)32/h4-13H,1-3H3,(H,31,32)(H,26,29,34)/b21-12-. The number of aryl methyl sites for hydroxylation is 1. The van der Waals surface area contributed by atoms with Gasteiger partial charge in [0.2, 0.25) is 0 Å². The second kappa shape index (κ2) is 8.95. The van der Waals surface area contributed by atoms with Crippen LogP contribution in [-0.2, 0) is 9.59 Å². The van der Waals surface area contributed by atoms with E-state index in [0.717, 1.165) is 17.1 Å². The zero-order chi connectivity index (χ0) is 24.6. The Bertz CT molecular complexity index is 1370. The van der Waals surface area contributed by atoms with E-state index in [1.807, 2.05) is 48.7 Å². The lowest BCUT2D eigenvalue weighted by atomic mass is 10.1. The number of carbonyl (C=O) groups is 3. The van der Waals surface area contributed by atoms with Gasteiger partial charge in [0.05, 0.1) is 18.4 Å². The third-order valence-electron chi connectivity index (χ3n) is 5.56. The van der Waals surface area contributed by atoms with Gasteiger partial charge in [0.1, 0.15) is 11.3 Å². The molecule has 2 heterocycles. The van der Waals surface area contributed by atoms with Crippen LogP contribution in [0.25, 0.3) is 11.8 Å². The van der Waals surface area contributed by atoms with Crippen molar-refractivity contribution in [3.05, 3.63) is 82.7 Å². The van der Waals surface area contributed by atoms with Crippen LogP contribution in [-0.4, -0.2) is 39.7 Å². The molecule has 1 aliphatic rings. The van der Waals surface area contributed by atoms with Crippen molar-refractivity contribution in [3.63, 3.8) is 0 Å². The Morgan fingerprint density at radius 2 is 1.76 bits per heavy atom. The van der Waals surface area contributed by atoms with Gasteiger partial charge < -0.3 is 14.4 Å². The number of amides is 2. The minimum absolute atomic E-state index is 0.0721. The molecule has 1 aromatic heterocycles. The zero-order valence-corrected chi connectivity index (χ0v) is 19.5. The molecule has 4 rings (SSSR count). The highest BCUT2D eigenvalue weighted by Crippen LogP contribution is 2.27. The third kappa shape index (κ3) is 4.08. The Kier molecular flexibility index (Phi) is 6.04. The molecule has 1 saturated heterocycles. The number of aromatic nitrogens is 1. The van der Waals surface area contributed by atoms with Gasteiger partial charge in [-0.05, 0) is 80.2 Å². The number of methoxy groups -OCH3 is 1. The van der Waals surface area contributed by atoms with Gasteiger partial charge in [-0.3, -0.25) is 19.8 Å². The molecule has 0 spiro atoms. The van der Waals surface area contributed by atoms with E-state index in [0.29, 0.717) is 17.0 Å². The van der Waals surface area contributed by atoms with Crippen LogP contribution in [0.1, 0.15) is 27.3 Å². The number of rotatable bonds is 5. The molecule has 0 saturated carbocycles. The van der Waals surface area contributed by atoms with Gasteiger partial charge in [0, 0.05) is 23.1 Å². The average molecular weight is 476 g/mol. The lowest BCUT2D eigenvalue weighted by molar-refractivity contribution is -0.122. The molecule has 0 aliphatic carbocycles. The van der Waals surface area contributed by atoms with Crippen molar-refractivity contribution in [2.24, 2.45) is 0 Å². The Morgan fingerprint density at radius 1 is 1.06 bits per heavy atom. The van der Waals surface area contributed by atoms with Crippen LogP contribution in [0.4, 0.5) is 5.69 Å². The summed E-state index contributed by atoms with van der Waals surface area (Å²) in [4.78, 5) is 38.3. The van der Waals surface area contributed by atoms with Gasteiger partial charge in [-0.15, -0.1) is 0 Å². The minimum Gasteiger partial charge on any atom is -0.497 e. The minimum atomic E-state index is -1.08. The van der Waals surface area contributed by atoms with Gasteiger partial charge in [-0.1, -0.05) is 6.07 Å². The average Bonchev–Trinajstić information content (AvgIpc) is 3.09. The normalized spacial score (nSPS) is 15.0. The maximum Gasteiger partial charge on any atom is 0.335 e. The number of nitrogens with one attached hydrogen (secondary N) is 1. The van der Waals surface area contributed by atoms with Crippen LogP contribution in [0, 0.1) is 13.8 Å². The summed E-state index contributed by atoms with van der Waals surface area (Å²) < 4.78 is 7.33. The van der Waals surface area contributed by atoms with E-state index in [4.69, 9.17) is 22.1 Å². The van der Waals surface area contributed by atoms with Crippen molar-refractivity contribution in [1.82, 2.24) is 9.88 Å². The predicted octanol–water partition coefficient (Wildman–Crippen LogP) is 3.63.